The average molecular weight is 1150 g/mol. The minimum absolute atomic E-state index is 0. The molecule has 0 heterocycles. The Hall–Kier alpha value is -2.68. The minimum Gasteiger partial charge on any atom is -0.465 e. The molecule has 0 aromatic heterocycles. The van der Waals surface area contributed by atoms with Crippen LogP contribution >= 0.6 is 134 Å². The number of esters is 2. The van der Waals surface area contributed by atoms with Crippen LogP contribution in [0.15, 0.2) is 54.6 Å². The van der Waals surface area contributed by atoms with Gasteiger partial charge in [0.1, 0.15) is 0 Å². The highest BCUT2D eigenvalue weighted by atomic mass is 79.9. The van der Waals surface area contributed by atoms with Gasteiger partial charge in [0.15, 0.2) is 0 Å². The number of ether oxygens (including phenoxy) is 2. The second-order valence-corrected chi connectivity index (χ2v) is 14.6. The molecule has 0 spiro atoms. The molecule has 4 aromatic rings. The molecule has 63 heavy (non-hydrogen) atoms. The molecule has 0 atom stereocenters. The molecule has 0 saturated carbocycles. The van der Waals surface area contributed by atoms with E-state index in [2.05, 4.69) is 26.0 Å². The summed E-state index contributed by atoms with van der Waals surface area (Å²) in [6.07, 6.45) is 0. The highest BCUT2D eigenvalue weighted by Crippen LogP contribution is 2.35. The summed E-state index contributed by atoms with van der Waals surface area (Å²) in [5, 5.41) is 37.5. The summed E-state index contributed by atoms with van der Waals surface area (Å²) in [6, 6.07) is 13.7. The molecule has 15 nitrogen and oxygen atoms in total. The van der Waals surface area contributed by atoms with E-state index in [9.17, 15) is 39.9 Å². The molecular weight excluding hydrogens is 1110 g/mol. The third kappa shape index (κ3) is 23.9. The van der Waals surface area contributed by atoms with Crippen LogP contribution in [0.4, 0.5) is 17.1 Å². The molecular formula is C37H42BrCl10N5O10. The van der Waals surface area contributed by atoms with E-state index < -0.39 is 20.7 Å². The summed E-state index contributed by atoms with van der Waals surface area (Å²) in [7, 11) is 0. The van der Waals surface area contributed by atoms with Gasteiger partial charge >= 0.3 is 11.9 Å². The summed E-state index contributed by atoms with van der Waals surface area (Å²) >= 11 is 49.1. The van der Waals surface area contributed by atoms with Gasteiger partial charge in [-0.15, -0.1) is 24.8 Å². The lowest BCUT2D eigenvalue weighted by atomic mass is 10.2. The van der Waals surface area contributed by atoms with Crippen molar-refractivity contribution >= 4 is 163 Å². The quantitative estimate of drug-likeness (QED) is 0.0620. The number of benzene rings is 4. The van der Waals surface area contributed by atoms with Gasteiger partial charge in [-0.1, -0.05) is 128 Å². The van der Waals surface area contributed by atoms with Crippen molar-refractivity contribution in [2.24, 2.45) is 5.73 Å². The predicted molar refractivity (Wildman–Crippen MR) is 263 cm³/mol. The molecule has 352 valence electrons. The molecule has 0 saturated heterocycles. The molecule has 4 aromatic carbocycles. The summed E-state index contributed by atoms with van der Waals surface area (Å²) in [6.45, 7) is 7.58. The van der Waals surface area contributed by atoms with E-state index in [4.69, 9.17) is 103 Å². The van der Waals surface area contributed by atoms with Crippen LogP contribution in [0.25, 0.3) is 0 Å². The lowest BCUT2D eigenvalue weighted by Crippen LogP contribution is -2.24. The first-order valence-electron chi connectivity index (χ1n) is 16.6. The lowest BCUT2D eigenvalue weighted by molar-refractivity contribution is -0.385. The van der Waals surface area contributed by atoms with E-state index in [1.807, 2.05) is 19.1 Å². The Morgan fingerprint density at radius 2 is 1.03 bits per heavy atom. The Morgan fingerprint density at radius 3 is 1.41 bits per heavy atom. The number of rotatable bonds is 11. The number of nitrogens with two attached hydrogens (primary N) is 1. The average Bonchev–Trinajstić information content (AvgIpc) is 3.19. The highest BCUT2D eigenvalue weighted by Gasteiger charge is 2.20. The fourth-order valence-electron chi connectivity index (χ4n) is 3.97. The number of aryl methyl sites for hydroxylation is 1. The topological polar surface area (TPSA) is 220 Å². The Kier molecular flexibility index (Phi) is 37.8. The zero-order chi connectivity index (χ0) is 46.3. The van der Waals surface area contributed by atoms with Crippen molar-refractivity contribution < 1.29 is 33.8 Å². The minimum atomic E-state index is -0.552. The first-order chi connectivity index (χ1) is 28.1. The van der Waals surface area contributed by atoms with E-state index in [1.54, 1.807) is 26.8 Å². The first-order valence-corrected chi connectivity index (χ1v) is 20.8. The number of nitrogens with zero attached hydrogens (tertiary/aromatic N) is 3. The largest absolute Gasteiger partial charge is 0.465 e. The molecule has 0 aliphatic heterocycles. The Labute approximate surface area is 424 Å². The Morgan fingerprint density at radius 1 is 0.635 bits per heavy atom. The van der Waals surface area contributed by atoms with Crippen molar-refractivity contribution in [2.75, 3.05) is 26.3 Å². The summed E-state index contributed by atoms with van der Waals surface area (Å²) in [5.74, 6) is -0.786. The zero-order valence-electron chi connectivity index (χ0n) is 32.7. The fraction of sp³-hybridized carbons (Fsp3) is 0.297. The first kappa shape index (κ1) is 66.9. The van der Waals surface area contributed by atoms with Gasteiger partial charge in [-0.25, -0.2) is 0 Å². The molecule has 3 N–H and O–H groups in total. The molecule has 0 unspecified atom stereocenters. The van der Waals surface area contributed by atoms with Crippen molar-refractivity contribution in [1.82, 2.24) is 5.32 Å². The number of nitrogens with one attached hydrogen (secondary N) is 1. The molecule has 0 aliphatic carbocycles. The number of carbonyl (C=O) groups is 2. The second kappa shape index (κ2) is 35.6. The van der Waals surface area contributed by atoms with Crippen LogP contribution in [-0.2, 0) is 30.9 Å². The van der Waals surface area contributed by atoms with Crippen molar-refractivity contribution in [2.45, 2.75) is 47.0 Å². The van der Waals surface area contributed by atoms with Crippen LogP contribution in [-0.4, -0.2) is 53.0 Å². The third-order valence-corrected chi connectivity index (χ3v) is 10.9. The van der Waals surface area contributed by atoms with Gasteiger partial charge in [-0.2, -0.15) is 0 Å². The van der Waals surface area contributed by atoms with Gasteiger partial charge in [-0.05, 0) is 57.5 Å². The van der Waals surface area contributed by atoms with E-state index >= 15 is 0 Å². The molecule has 4 rings (SSSR count). The lowest BCUT2D eigenvalue weighted by Gasteiger charge is -2.08. The van der Waals surface area contributed by atoms with E-state index in [0.29, 0.717) is 43.2 Å². The number of alkyl halides is 1. The van der Waals surface area contributed by atoms with Crippen molar-refractivity contribution in [3.05, 3.63) is 147 Å². The maximum atomic E-state index is 11.1. The SMILES string of the molecule is C.CCOC(=O)CN.CCOC(=O)CNCc1c([N+](=O)[O-])ccc(Cl)c1Cl.Cc1c([N+](=O)[O-])ccc(Cl)c1Cl.Cc1cccc(Cl)c1Cl.Cl.Cl.O=[N+]([O-])c1ccc(Cl)c(Cl)c1CBr. The summed E-state index contributed by atoms with van der Waals surface area (Å²) in [5.41, 5.74) is 6.76. The van der Waals surface area contributed by atoms with Crippen LogP contribution in [0.2, 0.25) is 40.2 Å². The molecule has 0 fully saturated rings. The number of nitro benzene ring substituents is 3. The van der Waals surface area contributed by atoms with Gasteiger partial charge < -0.3 is 20.5 Å². The normalized spacial score (nSPS) is 9.37. The van der Waals surface area contributed by atoms with E-state index in [-0.39, 0.29) is 107 Å². The molecule has 0 amide bonds. The van der Waals surface area contributed by atoms with E-state index in [0.717, 1.165) is 5.56 Å². The second-order valence-electron chi connectivity index (χ2n) is 10.9. The van der Waals surface area contributed by atoms with Gasteiger partial charge in [0.25, 0.3) is 17.1 Å². The smallest absolute Gasteiger partial charge is 0.319 e. The predicted octanol–water partition coefficient (Wildman–Crippen LogP) is 13.9. The summed E-state index contributed by atoms with van der Waals surface area (Å²) < 4.78 is 9.14. The van der Waals surface area contributed by atoms with Crippen LogP contribution in [0.3, 0.4) is 0 Å². The van der Waals surface area contributed by atoms with Crippen LogP contribution in [0.5, 0.6) is 0 Å². The number of hydrogen-bond donors (Lipinski definition) is 2. The van der Waals surface area contributed by atoms with Gasteiger partial charge in [-0.3, -0.25) is 39.9 Å². The Balaban J connectivity index is -0.000000354. The van der Waals surface area contributed by atoms with Crippen molar-refractivity contribution in [3.63, 3.8) is 0 Å². The van der Waals surface area contributed by atoms with Gasteiger partial charge in [0.05, 0.1) is 92.4 Å². The monoisotopic (exact) mass is 1140 g/mol. The molecule has 0 bridgehead atoms. The molecule has 0 aliphatic rings. The van der Waals surface area contributed by atoms with Gasteiger partial charge in [0.2, 0.25) is 0 Å². The maximum absolute atomic E-state index is 11.1. The van der Waals surface area contributed by atoms with Crippen molar-refractivity contribution in [1.29, 1.82) is 0 Å². The zero-order valence-corrected chi connectivity index (χ0v) is 41.9. The standard InChI is InChI=1S/C11H12Cl2N2O4.C7H4BrCl2NO2.C7H5Cl2NO2.C7H6Cl2.C4H9NO2.CH4.2ClH/c1-2-19-10(16)6-14-5-7-9(15(17)18)4-3-8(12)11(7)13;8-3-4-6(11(12)13)2-1-5(9)7(4)10;1-4-6(10(11)12)3-2-5(8)7(4)9;1-5-3-2-4-6(8)7(5)9;1-2-7-4(6)3-5;;;/h3-4,14H,2,5-6H2,1H3;1-2H,3H2;2-3H,1H3;2-4H,1H3;2-3,5H2,1H3;1H4;2*1H. The maximum Gasteiger partial charge on any atom is 0.319 e. The van der Waals surface area contributed by atoms with Crippen LogP contribution in [0.1, 0.15) is 43.5 Å². The highest BCUT2D eigenvalue weighted by molar-refractivity contribution is 9.08. The van der Waals surface area contributed by atoms with Crippen LogP contribution in [0, 0.1) is 44.2 Å². The Bertz CT molecular complexity index is 2110. The number of nitro groups is 3. The van der Waals surface area contributed by atoms with E-state index in [1.165, 1.54) is 36.4 Å². The van der Waals surface area contributed by atoms with Crippen molar-refractivity contribution in [3.8, 4) is 0 Å². The molecule has 26 heteroatoms. The van der Waals surface area contributed by atoms with Crippen LogP contribution < -0.4 is 11.1 Å². The van der Waals surface area contributed by atoms with Gasteiger partial charge in [0, 0.05) is 35.6 Å². The fourth-order valence-corrected chi connectivity index (χ4v) is 6.22. The number of hydrogen-bond acceptors (Lipinski definition) is 12. The molecule has 0 radical (unpaired) electrons. The summed E-state index contributed by atoms with van der Waals surface area (Å²) in [4.78, 5) is 51.4. The number of halogens is 11. The number of carbonyl (C=O) groups excluding carboxylic acids is 2. The third-order valence-electron chi connectivity index (χ3n) is 6.87.